The monoisotopic (exact) mass is 619 g/mol. The Labute approximate surface area is 254 Å². The van der Waals surface area contributed by atoms with E-state index in [9.17, 15) is 18.4 Å². The molecule has 2 unspecified atom stereocenters. The second kappa shape index (κ2) is 10.3. The zero-order chi connectivity index (χ0) is 31.2. The smallest absolute Gasteiger partial charge is 0.410 e. The third-order valence-electron chi connectivity index (χ3n) is 11.0. The van der Waals surface area contributed by atoms with Crippen molar-refractivity contribution >= 4 is 8.32 Å². The summed E-state index contributed by atoms with van der Waals surface area (Å²) in [7, 11) is -2.24. The van der Waals surface area contributed by atoms with E-state index in [1.54, 1.807) is 0 Å². The van der Waals surface area contributed by atoms with E-state index in [1.165, 1.54) is 17.2 Å². The molecule has 2 aliphatic carbocycles. The molecular weight excluding hydrogens is 573 g/mol. The summed E-state index contributed by atoms with van der Waals surface area (Å²) in [6, 6.07) is 2.50. The van der Waals surface area contributed by atoms with Crippen LogP contribution in [0.15, 0.2) is 18.3 Å². The molecule has 2 fully saturated rings. The fraction of sp³-hybridized carbons (Fsp3) is 0.697. The summed E-state index contributed by atoms with van der Waals surface area (Å²) in [5, 5.41) is 12.1. The van der Waals surface area contributed by atoms with E-state index < -0.39 is 31.8 Å². The van der Waals surface area contributed by atoms with Crippen LogP contribution in [-0.2, 0) is 32.1 Å². The quantitative estimate of drug-likeness (QED) is 0.213. The number of aromatic nitrogens is 2. The number of nitrogens with zero attached hydrogens (tertiary/aromatic N) is 2. The molecule has 2 spiro atoms. The van der Waals surface area contributed by atoms with Crippen LogP contribution in [0.3, 0.4) is 0 Å². The average molecular weight is 620 g/mol. The number of fused-ring (bicyclic) bond motifs is 4. The van der Waals surface area contributed by atoms with Gasteiger partial charge in [0.15, 0.2) is 8.32 Å². The summed E-state index contributed by atoms with van der Waals surface area (Å²) in [6.07, 6.45) is 1.81. The van der Waals surface area contributed by atoms with E-state index in [0.29, 0.717) is 31.7 Å². The third kappa shape index (κ3) is 5.04. The van der Waals surface area contributed by atoms with Crippen molar-refractivity contribution in [2.75, 3.05) is 13.2 Å². The number of hydrogen-bond donors (Lipinski definition) is 1. The first-order valence-corrected chi connectivity index (χ1v) is 18.7. The normalized spacial score (nSPS) is 24.7. The van der Waals surface area contributed by atoms with E-state index in [1.807, 2.05) is 13.8 Å². The molecule has 0 amide bonds. The van der Waals surface area contributed by atoms with Crippen molar-refractivity contribution in [2.24, 2.45) is 5.41 Å². The maximum absolute atomic E-state index is 13.5. The van der Waals surface area contributed by atoms with Crippen LogP contribution in [0.2, 0.25) is 18.1 Å². The first-order chi connectivity index (χ1) is 20.0. The highest BCUT2D eigenvalue weighted by Crippen LogP contribution is 2.61. The summed E-state index contributed by atoms with van der Waals surface area (Å²) in [6.45, 7) is 16.4. The topological polar surface area (TPSA) is 64.7 Å². The number of hydrogen-bond acceptors (Lipinski definition) is 5. The lowest BCUT2D eigenvalue weighted by Gasteiger charge is -2.50. The number of rotatable bonds is 4. The molecule has 6 nitrogen and oxygen atoms in total. The lowest BCUT2D eigenvalue weighted by atomic mass is 9.58. The first kappa shape index (κ1) is 31.0. The average Bonchev–Trinajstić information content (AvgIpc) is 3.20. The molecule has 1 saturated carbocycles. The standard InChI is InChI=1S/C33H46F3N2O4Si/c1-20(2)28-26-27(32(13-15-40-16-14-32)41-29(26)22-10-9-21(19-37-22)33(34,35)36)25-23(38(28)39)17-31(11-8-12-31)18-24(25)42-43(6,7)30(3,4)5/h9-10,19-20,24,29,39H,8,11-18H2,1-7H3/q+1. The van der Waals surface area contributed by atoms with Crippen molar-refractivity contribution in [1.29, 1.82) is 0 Å². The lowest BCUT2D eigenvalue weighted by Crippen LogP contribution is -2.52. The molecule has 6 rings (SSSR count). The van der Waals surface area contributed by atoms with Gasteiger partial charge in [0.2, 0.25) is 11.4 Å². The second-order valence-corrected chi connectivity index (χ2v) is 19.9. The largest absolute Gasteiger partial charge is 0.417 e. The van der Waals surface area contributed by atoms with E-state index >= 15 is 0 Å². The van der Waals surface area contributed by atoms with E-state index in [4.69, 9.17) is 13.9 Å². The van der Waals surface area contributed by atoms with Crippen molar-refractivity contribution in [1.82, 2.24) is 4.98 Å². The fourth-order valence-corrected chi connectivity index (χ4v) is 8.85. The molecule has 10 heteroatoms. The van der Waals surface area contributed by atoms with Gasteiger partial charge in [0.1, 0.15) is 11.7 Å². The van der Waals surface area contributed by atoms with E-state index in [2.05, 4.69) is 38.8 Å². The molecule has 1 saturated heterocycles. The van der Waals surface area contributed by atoms with Gasteiger partial charge in [-0.2, -0.15) is 13.2 Å². The molecule has 1 N–H and O–H groups in total. The first-order valence-electron chi connectivity index (χ1n) is 15.8. The number of ether oxygens (including phenoxy) is 2. The molecule has 2 aliphatic heterocycles. The molecule has 4 aliphatic rings. The Kier molecular flexibility index (Phi) is 7.39. The van der Waals surface area contributed by atoms with Gasteiger partial charge in [-0.3, -0.25) is 10.2 Å². The summed E-state index contributed by atoms with van der Waals surface area (Å²) >= 11 is 0. The Morgan fingerprint density at radius 2 is 1.74 bits per heavy atom. The zero-order valence-corrected chi connectivity index (χ0v) is 27.5. The Balaban J connectivity index is 1.61. The highest BCUT2D eigenvalue weighted by Gasteiger charge is 2.59. The minimum atomic E-state index is -4.48. The zero-order valence-electron chi connectivity index (χ0n) is 26.5. The fourth-order valence-electron chi connectivity index (χ4n) is 7.58. The second-order valence-electron chi connectivity index (χ2n) is 15.2. The third-order valence-corrected chi connectivity index (χ3v) is 15.5. The van der Waals surface area contributed by atoms with Crippen LogP contribution < -0.4 is 4.73 Å². The predicted molar refractivity (Wildman–Crippen MR) is 157 cm³/mol. The van der Waals surface area contributed by atoms with Gasteiger partial charge in [-0.15, -0.1) is 0 Å². The molecular formula is C33H46F3N2O4Si+. The van der Waals surface area contributed by atoms with Gasteiger partial charge < -0.3 is 13.9 Å². The Hall–Kier alpha value is -2.01. The number of pyridine rings is 2. The molecule has 236 valence electrons. The van der Waals surface area contributed by atoms with Crippen LogP contribution in [0.5, 0.6) is 0 Å². The summed E-state index contributed by atoms with van der Waals surface area (Å²) in [5.74, 6) is -0.0707. The number of halogens is 3. The predicted octanol–water partition coefficient (Wildman–Crippen LogP) is 8.05. The SMILES string of the molecule is CC(C)c1c2c(c3c([n+]1O)CC1(CCC1)CC3O[Si](C)(C)C(C)(C)C)C1(CCOCC1)OC2c1ccc(C(F)(F)F)cn1. The summed E-state index contributed by atoms with van der Waals surface area (Å²) in [4.78, 5) is 4.31. The van der Waals surface area contributed by atoms with Gasteiger partial charge in [0.05, 0.1) is 28.5 Å². The van der Waals surface area contributed by atoms with Gasteiger partial charge in [-0.25, -0.2) is 0 Å². The molecule has 4 heterocycles. The van der Waals surface area contributed by atoms with Gasteiger partial charge >= 0.3 is 6.18 Å². The van der Waals surface area contributed by atoms with Crippen molar-refractivity contribution < 1.29 is 37.0 Å². The Morgan fingerprint density at radius 1 is 1.07 bits per heavy atom. The van der Waals surface area contributed by atoms with Gasteiger partial charge in [-0.05, 0) is 54.9 Å². The number of alkyl halides is 3. The van der Waals surface area contributed by atoms with Gasteiger partial charge in [0.25, 0.3) is 0 Å². The molecule has 2 atom stereocenters. The Bertz CT molecular complexity index is 1390. The van der Waals surface area contributed by atoms with E-state index in [0.717, 1.165) is 66.0 Å². The van der Waals surface area contributed by atoms with Crippen LogP contribution in [0.4, 0.5) is 13.2 Å². The van der Waals surface area contributed by atoms with Crippen molar-refractivity contribution in [2.45, 2.75) is 128 Å². The highest BCUT2D eigenvalue weighted by atomic mass is 28.4. The molecule has 2 aromatic heterocycles. The molecule has 2 aromatic rings. The van der Waals surface area contributed by atoms with Crippen LogP contribution in [0.1, 0.15) is 131 Å². The van der Waals surface area contributed by atoms with Crippen molar-refractivity contribution in [3.8, 4) is 0 Å². The molecule has 43 heavy (non-hydrogen) atoms. The van der Waals surface area contributed by atoms with Crippen LogP contribution in [0, 0.1) is 5.41 Å². The van der Waals surface area contributed by atoms with E-state index in [-0.39, 0.29) is 22.5 Å². The maximum atomic E-state index is 13.5. The van der Waals surface area contributed by atoms with Gasteiger partial charge in [-0.1, -0.05) is 41.0 Å². The Morgan fingerprint density at radius 3 is 2.26 bits per heavy atom. The minimum Gasteiger partial charge on any atom is -0.410 e. The van der Waals surface area contributed by atoms with Crippen LogP contribution in [-0.4, -0.2) is 31.7 Å². The molecule has 0 aromatic carbocycles. The highest BCUT2D eigenvalue weighted by molar-refractivity contribution is 6.74. The summed E-state index contributed by atoms with van der Waals surface area (Å²) < 4.78 is 61.9. The van der Waals surface area contributed by atoms with Crippen molar-refractivity contribution in [3.05, 3.63) is 57.7 Å². The van der Waals surface area contributed by atoms with Crippen molar-refractivity contribution in [3.63, 3.8) is 0 Å². The van der Waals surface area contributed by atoms with Crippen LogP contribution in [0.25, 0.3) is 0 Å². The maximum Gasteiger partial charge on any atom is 0.417 e. The lowest BCUT2D eigenvalue weighted by molar-refractivity contribution is -0.916. The van der Waals surface area contributed by atoms with Crippen LogP contribution >= 0.6 is 0 Å². The molecule has 0 radical (unpaired) electrons. The summed E-state index contributed by atoms with van der Waals surface area (Å²) in [5.41, 5.74) is 3.58. The minimum absolute atomic E-state index is 0.00678. The van der Waals surface area contributed by atoms with Gasteiger partial charge in [0, 0.05) is 54.9 Å². The molecule has 0 bridgehead atoms.